The Balaban J connectivity index is 1.81. The molecular formula is C15H17NO2S. The minimum atomic E-state index is -0.0636. The molecule has 2 heterocycles. The van der Waals surface area contributed by atoms with Crippen LogP contribution in [-0.4, -0.2) is 35.7 Å². The van der Waals surface area contributed by atoms with Gasteiger partial charge in [0.05, 0.1) is 30.4 Å². The summed E-state index contributed by atoms with van der Waals surface area (Å²) in [5.41, 5.74) is 2.22. The normalized spacial score (nSPS) is 17.4. The second kappa shape index (κ2) is 5.12. The Bertz CT molecular complexity index is 590. The third-order valence-electron chi connectivity index (χ3n) is 3.58. The van der Waals surface area contributed by atoms with Crippen molar-refractivity contribution in [2.24, 2.45) is 5.41 Å². The molecule has 0 atom stereocenters. The lowest BCUT2D eigenvalue weighted by Crippen LogP contribution is -2.47. The zero-order valence-corrected chi connectivity index (χ0v) is 11.7. The molecule has 19 heavy (non-hydrogen) atoms. The summed E-state index contributed by atoms with van der Waals surface area (Å²) in [6, 6.07) is 10.3. The Hall–Kier alpha value is -1.10. The molecule has 1 aromatic carbocycles. The first-order chi connectivity index (χ1) is 9.22. The summed E-state index contributed by atoms with van der Waals surface area (Å²) in [7, 11) is 0. The van der Waals surface area contributed by atoms with Crippen molar-refractivity contribution < 1.29 is 9.84 Å². The van der Waals surface area contributed by atoms with Gasteiger partial charge in [-0.2, -0.15) is 0 Å². The van der Waals surface area contributed by atoms with Crippen LogP contribution >= 0.6 is 11.8 Å². The van der Waals surface area contributed by atoms with Crippen molar-refractivity contribution in [3.8, 4) is 0 Å². The van der Waals surface area contributed by atoms with Crippen LogP contribution in [-0.2, 0) is 4.74 Å². The van der Waals surface area contributed by atoms with Gasteiger partial charge in [-0.3, -0.25) is 0 Å². The lowest BCUT2D eigenvalue weighted by Gasteiger charge is -2.39. The van der Waals surface area contributed by atoms with Crippen molar-refractivity contribution in [2.75, 3.05) is 25.6 Å². The van der Waals surface area contributed by atoms with Gasteiger partial charge in [-0.1, -0.05) is 18.2 Å². The summed E-state index contributed by atoms with van der Waals surface area (Å²) in [6.45, 7) is 3.61. The number of hydrogen-bond donors (Lipinski definition) is 1. The summed E-state index contributed by atoms with van der Waals surface area (Å²) in [5, 5.41) is 11.7. The third-order valence-corrected chi connectivity index (χ3v) is 4.84. The molecule has 1 aliphatic rings. The highest BCUT2D eigenvalue weighted by Gasteiger charge is 2.38. The van der Waals surface area contributed by atoms with Crippen LogP contribution in [0, 0.1) is 12.3 Å². The first-order valence-corrected chi connectivity index (χ1v) is 7.39. The molecule has 100 valence electrons. The average Bonchev–Trinajstić information content (AvgIpc) is 2.38. The Kier molecular flexibility index (Phi) is 3.48. The molecular weight excluding hydrogens is 258 g/mol. The van der Waals surface area contributed by atoms with Crippen molar-refractivity contribution in [2.45, 2.75) is 11.9 Å². The van der Waals surface area contributed by atoms with E-state index in [0.29, 0.717) is 13.2 Å². The van der Waals surface area contributed by atoms with Crippen LogP contribution in [0.4, 0.5) is 0 Å². The summed E-state index contributed by atoms with van der Waals surface area (Å²) < 4.78 is 5.22. The monoisotopic (exact) mass is 275 g/mol. The number of aromatic nitrogens is 1. The van der Waals surface area contributed by atoms with Gasteiger partial charge in [0, 0.05) is 16.6 Å². The molecule has 1 aliphatic heterocycles. The Morgan fingerprint density at radius 2 is 2.16 bits per heavy atom. The molecule has 1 N–H and O–H groups in total. The molecule has 0 unspecified atom stereocenters. The average molecular weight is 275 g/mol. The van der Waals surface area contributed by atoms with E-state index in [1.807, 2.05) is 18.2 Å². The second-order valence-electron chi connectivity index (χ2n) is 5.23. The molecule has 0 saturated carbocycles. The number of aliphatic hydroxyl groups excluding tert-OH is 1. The number of hydrogen-bond acceptors (Lipinski definition) is 4. The number of pyridine rings is 1. The molecule has 0 spiro atoms. The Morgan fingerprint density at radius 1 is 1.37 bits per heavy atom. The number of para-hydroxylation sites is 1. The van der Waals surface area contributed by atoms with Crippen molar-refractivity contribution in [1.82, 2.24) is 4.98 Å². The molecule has 0 bridgehead atoms. The largest absolute Gasteiger partial charge is 0.396 e. The van der Waals surface area contributed by atoms with Crippen LogP contribution < -0.4 is 0 Å². The quantitative estimate of drug-likeness (QED) is 0.871. The van der Waals surface area contributed by atoms with E-state index in [1.165, 1.54) is 10.9 Å². The van der Waals surface area contributed by atoms with Gasteiger partial charge in [0.25, 0.3) is 0 Å². The minimum Gasteiger partial charge on any atom is -0.396 e. The first kappa shape index (κ1) is 12.9. The van der Waals surface area contributed by atoms with Crippen LogP contribution in [0.5, 0.6) is 0 Å². The van der Waals surface area contributed by atoms with Crippen LogP contribution in [0.3, 0.4) is 0 Å². The Morgan fingerprint density at radius 3 is 2.84 bits per heavy atom. The van der Waals surface area contributed by atoms with E-state index in [4.69, 9.17) is 4.74 Å². The topological polar surface area (TPSA) is 42.4 Å². The van der Waals surface area contributed by atoms with E-state index in [2.05, 4.69) is 24.0 Å². The van der Waals surface area contributed by atoms with Crippen molar-refractivity contribution in [1.29, 1.82) is 0 Å². The number of ether oxygens (including phenoxy) is 1. The predicted octanol–water partition coefficient (Wildman–Crippen LogP) is 2.64. The molecule has 0 amide bonds. The molecule has 3 rings (SSSR count). The fourth-order valence-corrected chi connectivity index (χ4v) is 3.37. The van der Waals surface area contributed by atoms with Gasteiger partial charge in [0.1, 0.15) is 0 Å². The summed E-state index contributed by atoms with van der Waals surface area (Å²) >= 11 is 1.71. The van der Waals surface area contributed by atoms with E-state index >= 15 is 0 Å². The predicted molar refractivity (Wildman–Crippen MR) is 77.5 cm³/mol. The van der Waals surface area contributed by atoms with Crippen molar-refractivity contribution in [3.05, 3.63) is 35.9 Å². The van der Waals surface area contributed by atoms with Gasteiger partial charge in [0.15, 0.2) is 0 Å². The van der Waals surface area contributed by atoms with Gasteiger partial charge in [0.2, 0.25) is 0 Å². The van der Waals surface area contributed by atoms with Gasteiger partial charge >= 0.3 is 0 Å². The fourth-order valence-electron chi connectivity index (χ4n) is 2.23. The van der Waals surface area contributed by atoms with Gasteiger partial charge in [-0.05, 0) is 24.6 Å². The molecule has 1 fully saturated rings. The van der Waals surface area contributed by atoms with Crippen molar-refractivity contribution >= 4 is 22.7 Å². The Labute approximate surface area is 117 Å². The number of aryl methyl sites for hydroxylation is 1. The molecule has 0 aliphatic carbocycles. The van der Waals surface area contributed by atoms with E-state index in [-0.39, 0.29) is 12.0 Å². The maximum absolute atomic E-state index is 9.43. The molecule has 0 radical (unpaired) electrons. The smallest absolute Gasteiger partial charge is 0.0970 e. The number of benzene rings is 1. The van der Waals surface area contributed by atoms with Gasteiger partial charge < -0.3 is 9.84 Å². The zero-order chi connectivity index (χ0) is 13.3. The van der Waals surface area contributed by atoms with Crippen LogP contribution in [0.2, 0.25) is 0 Å². The lowest BCUT2D eigenvalue weighted by atomic mass is 9.90. The maximum atomic E-state index is 9.43. The highest BCUT2D eigenvalue weighted by Crippen LogP contribution is 2.34. The van der Waals surface area contributed by atoms with E-state index in [1.54, 1.807) is 11.8 Å². The van der Waals surface area contributed by atoms with E-state index in [0.717, 1.165) is 16.3 Å². The van der Waals surface area contributed by atoms with Crippen LogP contribution in [0.1, 0.15) is 5.56 Å². The highest BCUT2D eigenvalue weighted by atomic mass is 32.2. The van der Waals surface area contributed by atoms with Crippen LogP contribution in [0.15, 0.2) is 35.4 Å². The van der Waals surface area contributed by atoms with E-state index in [9.17, 15) is 5.11 Å². The third kappa shape index (κ3) is 2.48. The number of thioether (sulfide) groups is 1. The SMILES string of the molecule is Cc1cc(SCC2(CO)COC2)nc2ccccc12. The molecule has 4 heteroatoms. The maximum Gasteiger partial charge on any atom is 0.0970 e. The number of aliphatic hydroxyl groups is 1. The molecule has 1 saturated heterocycles. The highest BCUT2D eigenvalue weighted by molar-refractivity contribution is 7.99. The molecule has 3 nitrogen and oxygen atoms in total. The standard InChI is InChI=1S/C15H17NO2S/c1-11-6-14(16-13-5-3-2-4-12(11)13)19-10-15(7-17)8-18-9-15/h2-6,17H,7-10H2,1H3. The number of nitrogens with zero attached hydrogens (tertiary/aromatic N) is 1. The van der Waals surface area contributed by atoms with E-state index < -0.39 is 0 Å². The number of rotatable bonds is 4. The van der Waals surface area contributed by atoms with Gasteiger partial charge in [-0.15, -0.1) is 11.8 Å². The lowest BCUT2D eigenvalue weighted by molar-refractivity contribution is -0.121. The molecule has 2 aromatic rings. The zero-order valence-electron chi connectivity index (χ0n) is 10.9. The number of fused-ring (bicyclic) bond motifs is 1. The summed E-state index contributed by atoms with van der Waals surface area (Å²) in [6.07, 6.45) is 0. The summed E-state index contributed by atoms with van der Waals surface area (Å²) in [5.74, 6) is 0.855. The first-order valence-electron chi connectivity index (χ1n) is 6.40. The second-order valence-corrected chi connectivity index (χ2v) is 6.23. The molecule has 1 aromatic heterocycles. The minimum absolute atomic E-state index is 0.0636. The van der Waals surface area contributed by atoms with Gasteiger partial charge in [-0.25, -0.2) is 4.98 Å². The fraction of sp³-hybridized carbons (Fsp3) is 0.400. The van der Waals surface area contributed by atoms with Crippen LogP contribution in [0.25, 0.3) is 10.9 Å². The van der Waals surface area contributed by atoms with Crippen molar-refractivity contribution in [3.63, 3.8) is 0 Å². The summed E-state index contributed by atoms with van der Waals surface area (Å²) in [4.78, 5) is 4.67.